The van der Waals surface area contributed by atoms with E-state index in [2.05, 4.69) is 34.1 Å². The lowest BCUT2D eigenvalue weighted by Gasteiger charge is -2.37. The van der Waals surface area contributed by atoms with Crippen LogP contribution in [0, 0.1) is 0 Å². The molecular weight excluding hydrogens is 362 g/mol. The zero-order valence-electron chi connectivity index (χ0n) is 15.1. The summed E-state index contributed by atoms with van der Waals surface area (Å²) >= 11 is 6.20. The first-order valence-electron chi connectivity index (χ1n) is 9.25. The molecule has 2 aliphatic rings. The number of rotatable bonds is 4. The third-order valence-corrected chi connectivity index (χ3v) is 5.63. The third-order valence-electron chi connectivity index (χ3n) is 5.31. The van der Waals surface area contributed by atoms with Crippen molar-refractivity contribution in [3.8, 4) is 0 Å². The molecule has 0 saturated carbocycles. The second-order valence-corrected chi connectivity index (χ2v) is 7.44. The first-order chi connectivity index (χ1) is 13.1. The lowest BCUT2D eigenvalue weighted by Crippen LogP contribution is -2.52. The van der Waals surface area contributed by atoms with Crippen LogP contribution in [0.3, 0.4) is 0 Å². The van der Waals surface area contributed by atoms with E-state index in [0.717, 1.165) is 32.7 Å². The highest BCUT2D eigenvalue weighted by molar-refractivity contribution is 6.36. The van der Waals surface area contributed by atoms with Gasteiger partial charge in [0.2, 0.25) is 5.91 Å². The molecule has 2 aromatic rings. The van der Waals surface area contributed by atoms with E-state index in [0.29, 0.717) is 10.7 Å². The number of anilines is 1. The van der Waals surface area contributed by atoms with Gasteiger partial charge in [-0.05, 0) is 17.7 Å². The molecule has 27 heavy (non-hydrogen) atoms. The van der Waals surface area contributed by atoms with Crippen molar-refractivity contribution in [2.75, 3.05) is 31.1 Å². The van der Waals surface area contributed by atoms with Crippen molar-refractivity contribution < 1.29 is 9.59 Å². The largest absolute Gasteiger partial charge is 0.297 e. The Morgan fingerprint density at radius 3 is 2.26 bits per heavy atom. The summed E-state index contributed by atoms with van der Waals surface area (Å²) in [4.78, 5) is 31.2. The molecular formula is C21H22ClN3O2. The fourth-order valence-corrected chi connectivity index (χ4v) is 4.08. The van der Waals surface area contributed by atoms with Gasteiger partial charge in [-0.1, -0.05) is 54.1 Å². The first kappa shape index (κ1) is 18.2. The summed E-state index contributed by atoms with van der Waals surface area (Å²) in [6.45, 7) is 4.26. The molecule has 0 N–H and O–H groups in total. The molecule has 0 spiro atoms. The highest BCUT2D eigenvalue weighted by Gasteiger charge is 2.43. The van der Waals surface area contributed by atoms with E-state index in [1.165, 1.54) is 10.5 Å². The number of nitrogens with zero attached hydrogens (tertiary/aromatic N) is 3. The predicted molar refractivity (Wildman–Crippen MR) is 106 cm³/mol. The third kappa shape index (κ3) is 3.76. The van der Waals surface area contributed by atoms with Crippen molar-refractivity contribution in [3.05, 3.63) is 65.2 Å². The van der Waals surface area contributed by atoms with Gasteiger partial charge in [0, 0.05) is 32.7 Å². The summed E-state index contributed by atoms with van der Waals surface area (Å²) in [5.74, 6) is -0.338. The minimum absolute atomic E-state index is 0.162. The van der Waals surface area contributed by atoms with Crippen LogP contribution in [-0.4, -0.2) is 53.8 Å². The van der Waals surface area contributed by atoms with Gasteiger partial charge < -0.3 is 0 Å². The summed E-state index contributed by atoms with van der Waals surface area (Å²) in [6, 6.07) is 17.0. The zero-order valence-corrected chi connectivity index (χ0v) is 15.8. The highest BCUT2D eigenvalue weighted by Crippen LogP contribution is 2.31. The lowest BCUT2D eigenvalue weighted by molar-refractivity contribution is -0.123. The number of halogens is 1. The van der Waals surface area contributed by atoms with Gasteiger partial charge in [-0.3, -0.25) is 19.4 Å². The van der Waals surface area contributed by atoms with Gasteiger partial charge in [0.05, 0.1) is 23.2 Å². The molecule has 2 aromatic carbocycles. The summed E-state index contributed by atoms with van der Waals surface area (Å²) in [5.41, 5.74) is 1.78. The number of para-hydroxylation sites is 1. The Hall–Kier alpha value is -2.21. The summed E-state index contributed by atoms with van der Waals surface area (Å²) in [5, 5.41) is 0.424. The number of imide groups is 1. The molecule has 2 heterocycles. The van der Waals surface area contributed by atoms with Crippen LogP contribution in [0.4, 0.5) is 5.69 Å². The quantitative estimate of drug-likeness (QED) is 0.761. The number of piperazine rings is 1. The maximum Gasteiger partial charge on any atom is 0.251 e. The van der Waals surface area contributed by atoms with Crippen LogP contribution >= 0.6 is 11.6 Å². The van der Waals surface area contributed by atoms with E-state index in [4.69, 9.17) is 11.6 Å². The van der Waals surface area contributed by atoms with Gasteiger partial charge >= 0.3 is 0 Å². The molecule has 0 radical (unpaired) electrons. The number of benzene rings is 2. The standard InChI is InChI=1S/C21H22ClN3O2/c22-17-8-4-5-9-18(17)25-20(26)14-19(21(25)27)24-12-10-23(11-13-24)15-16-6-2-1-3-7-16/h1-9,19H,10-15H2/t19-/m1/s1. The minimum atomic E-state index is -0.382. The van der Waals surface area contributed by atoms with Crippen molar-refractivity contribution in [2.45, 2.75) is 19.0 Å². The molecule has 0 unspecified atom stereocenters. The van der Waals surface area contributed by atoms with E-state index >= 15 is 0 Å². The first-order valence-corrected chi connectivity index (χ1v) is 9.63. The topological polar surface area (TPSA) is 43.9 Å². The number of carbonyl (C=O) groups is 2. The van der Waals surface area contributed by atoms with E-state index in [1.807, 2.05) is 6.07 Å². The van der Waals surface area contributed by atoms with Gasteiger partial charge in [-0.15, -0.1) is 0 Å². The van der Waals surface area contributed by atoms with Crippen molar-refractivity contribution in [1.29, 1.82) is 0 Å². The Bertz CT molecular complexity index is 834. The van der Waals surface area contributed by atoms with Gasteiger partial charge in [0.25, 0.3) is 5.91 Å². The molecule has 2 aliphatic heterocycles. The van der Waals surface area contributed by atoms with Crippen LogP contribution in [0.2, 0.25) is 5.02 Å². The summed E-state index contributed by atoms with van der Waals surface area (Å²) < 4.78 is 0. The average molecular weight is 384 g/mol. The Labute approximate surface area is 164 Å². The van der Waals surface area contributed by atoms with E-state index in [9.17, 15) is 9.59 Å². The van der Waals surface area contributed by atoms with Crippen LogP contribution in [0.5, 0.6) is 0 Å². The Morgan fingerprint density at radius 1 is 0.889 bits per heavy atom. The maximum atomic E-state index is 12.9. The molecule has 5 nitrogen and oxygen atoms in total. The summed E-state index contributed by atoms with van der Waals surface area (Å²) in [7, 11) is 0. The predicted octanol–water partition coefficient (Wildman–Crippen LogP) is 2.79. The molecule has 1 atom stereocenters. The van der Waals surface area contributed by atoms with Crippen LogP contribution in [0.15, 0.2) is 54.6 Å². The molecule has 140 valence electrons. The number of carbonyl (C=O) groups excluding carboxylic acids is 2. The molecule has 6 heteroatoms. The second-order valence-electron chi connectivity index (χ2n) is 7.04. The van der Waals surface area contributed by atoms with Crippen molar-refractivity contribution in [2.24, 2.45) is 0 Å². The van der Waals surface area contributed by atoms with Crippen molar-refractivity contribution in [1.82, 2.24) is 9.80 Å². The Balaban J connectivity index is 1.40. The van der Waals surface area contributed by atoms with Crippen LogP contribution in [0.1, 0.15) is 12.0 Å². The molecule has 0 bridgehead atoms. The van der Waals surface area contributed by atoms with Crippen LogP contribution in [0.25, 0.3) is 0 Å². The highest BCUT2D eigenvalue weighted by atomic mass is 35.5. The van der Waals surface area contributed by atoms with Gasteiger partial charge in [0.15, 0.2) is 0 Å². The molecule has 2 fully saturated rings. The molecule has 0 aromatic heterocycles. The van der Waals surface area contributed by atoms with Gasteiger partial charge in [0.1, 0.15) is 0 Å². The fraction of sp³-hybridized carbons (Fsp3) is 0.333. The summed E-state index contributed by atoms with van der Waals surface area (Å²) in [6.07, 6.45) is 0.225. The van der Waals surface area contributed by atoms with E-state index < -0.39 is 0 Å². The van der Waals surface area contributed by atoms with Gasteiger partial charge in [-0.25, -0.2) is 4.90 Å². The van der Waals surface area contributed by atoms with Crippen molar-refractivity contribution in [3.63, 3.8) is 0 Å². The zero-order chi connectivity index (χ0) is 18.8. The molecule has 2 amide bonds. The normalized spacial score (nSPS) is 21.8. The Morgan fingerprint density at radius 2 is 1.56 bits per heavy atom. The average Bonchev–Trinajstić information content (AvgIpc) is 2.98. The van der Waals surface area contributed by atoms with E-state index in [-0.39, 0.29) is 24.3 Å². The van der Waals surface area contributed by atoms with Crippen LogP contribution < -0.4 is 4.90 Å². The fourth-order valence-electron chi connectivity index (χ4n) is 3.86. The lowest BCUT2D eigenvalue weighted by atomic mass is 10.1. The van der Waals surface area contributed by atoms with Crippen LogP contribution in [-0.2, 0) is 16.1 Å². The number of hydrogen-bond donors (Lipinski definition) is 0. The molecule has 4 rings (SSSR count). The smallest absolute Gasteiger partial charge is 0.251 e. The monoisotopic (exact) mass is 383 g/mol. The maximum absolute atomic E-state index is 12.9. The second kappa shape index (κ2) is 7.80. The SMILES string of the molecule is O=C1C[C@@H](N2CCN(Cc3ccccc3)CC2)C(=O)N1c1ccccc1Cl. The van der Waals surface area contributed by atoms with Gasteiger partial charge in [-0.2, -0.15) is 0 Å². The Kier molecular flexibility index (Phi) is 5.25. The molecule has 2 saturated heterocycles. The van der Waals surface area contributed by atoms with E-state index in [1.54, 1.807) is 24.3 Å². The number of amides is 2. The number of hydrogen-bond acceptors (Lipinski definition) is 4. The molecule has 0 aliphatic carbocycles. The minimum Gasteiger partial charge on any atom is -0.297 e. The van der Waals surface area contributed by atoms with Crippen molar-refractivity contribution >= 4 is 29.1 Å².